The molecule has 10 heteroatoms. The zero-order valence-electron chi connectivity index (χ0n) is 22.1. The highest BCUT2D eigenvalue weighted by molar-refractivity contribution is 6.25. The molecule has 1 saturated heterocycles. The Balaban J connectivity index is 1.43. The van der Waals surface area contributed by atoms with Gasteiger partial charge in [-0.05, 0) is 55.5 Å². The Kier molecular flexibility index (Phi) is 6.50. The lowest BCUT2D eigenvalue weighted by atomic mass is 9.59. The number of ketones is 2. The molecule has 0 saturated carbocycles. The van der Waals surface area contributed by atoms with Crippen LogP contribution in [0.5, 0.6) is 5.75 Å². The lowest BCUT2D eigenvalue weighted by Crippen LogP contribution is -2.39. The SMILES string of the molecule is CC1=CC(=O)C2=C(CC3C(=CCC4C(=O)N(c5cccc([N+](=O)[O-])c5)C(=O)C43)C2c2ccc(OCCO)cc2)C1=O. The highest BCUT2D eigenvalue weighted by atomic mass is 16.6. The van der Waals surface area contributed by atoms with E-state index in [0.29, 0.717) is 22.5 Å². The fraction of sp³-hybridized carbons (Fsp3) is 0.290. The van der Waals surface area contributed by atoms with Crippen molar-refractivity contribution in [3.05, 3.63) is 98.7 Å². The number of hydrogen-bond acceptors (Lipinski definition) is 8. The Morgan fingerprint density at radius 2 is 1.80 bits per heavy atom. The van der Waals surface area contributed by atoms with Crippen molar-refractivity contribution in [1.82, 2.24) is 0 Å². The molecule has 3 aliphatic carbocycles. The van der Waals surface area contributed by atoms with E-state index in [1.807, 2.05) is 6.08 Å². The van der Waals surface area contributed by atoms with Crippen LogP contribution in [-0.4, -0.2) is 46.6 Å². The molecule has 4 atom stereocenters. The van der Waals surface area contributed by atoms with Crippen LogP contribution in [0.3, 0.4) is 0 Å². The van der Waals surface area contributed by atoms with E-state index in [-0.39, 0.29) is 49.0 Å². The van der Waals surface area contributed by atoms with Gasteiger partial charge in [0.25, 0.3) is 5.69 Å². The van der Waals surface area contributed by atoms with Crippen LogP contribution in [-0.2, 0) is 19.2 Å². The summed E-state index contributed by atoms with van der Waals surface area (Å²) in [5.41, 5.74) is 2.53. The molecule has 0 bridgehead atoms. The van der Waals surface area contributed by atoms with E-state index < -0.39 is 40.4 Å². The predicted molar refractivity (Wildman–Crippen MR) is 146 cm³/mol. The number of amides is 2. The molecule has 10 nitrogen and oxygen atoms in total. The Labute approximate surface area is 234 Å². The fourth-order valence-electron chi connectivity index (χ4n) is 6.68. The maximum absolute atomic E-state index is 13.9. The molecular formula is C31H26N2O8. The first-order valence-electron chi connectivity index (χ1n) is 13.4. The molecule has 2 amide bonds. The molecule has 41 heavy (non-hydrogen) atoms. The van der Waals surface area contributed by atoms with Gasteiger partial charge in [-0.2, -0.15) is 0 Å². The van der Waals surface area contributed by atoms with Crippen molar-refractivity contribution in [2.45, 2.75) is 25.7 Å². The minimum absolute atomic E-state index is 0.128. The number of allylic oxidation sites excluding steroid dienone is 6. The molecule has 1 heterocycles. The largest absolute Gasteiger partial charge is 0.491 e. The summed E-state index contributed by atoms with van der Waals surface area (Å²) in [7, 11) is 0. The third kappa shape index (κ3) is 4.22. The number of ether oxygens (including phenoxy) is 1. The van der Waals surface area contributed by atoms with E-state index in [1.54, 1.807) is 31.2 Å². The van der Waals surface area contributed by atoms with E-state index in [2.05, 4.69) is 0 Å². The van der Waals surface area contributed by atoms with E-state index in [9.17, 15) is 29.3 Å². The van der Waals surface area contributed by atoms with Crippen LogP contribution in [0.25, 0.3) is 0 Å². The number of aliphatic hydroxyl groups excluding tert-OH is 1. The quantitative estimate of drug-likeness (QED) is 0.188. The van der Waals surface area contributed by atoms with Crippen molar-refractivity contribution in [1.29, 1.82) is 0 Å². The normalized spacial score (nSPS) is 25.4. The lowest BCUT2D eigenvalue weighted by Gasteiger charge is -2.42. The second-order valence-corrected chi connectivity index (χ2v) is 10.7. The van der Waals surface area contributed by atoms with Crippen LogP contribution in [0.4, 0.5) is 11.4 Å². The van der Waals surface area contributed by atoms with Gasteiger partial charge in [-0.1, -0.05) is 29.8 Å². The molecule has 1 fully saturated rings. The summed E-state index contributed by atoms with van der Waals surface area (Å²) in [6.07, 6.45) is 3.68. The number of carbonyl (C=O) groups is 4. The zero-order valence-corrected chi connectivity index (χ0v) is 22.1. The minimum Gasteiger partial charge on any atom is -0.491 e. The number of nitro groups is 1. The number of fused-ring (bicyclic) bond motifs is 3. The number of carbonyl (C=O) groups excluding carboxylic acids is 4. The topological polar surface area (TPSA) is 144 Å². The Morgan fingerprint density at radius 1 is 1.05 bits per heavy atom. The Hall–Kier alpha value is -4.70. The lowest BCUT2D eigenvalue weighted by molar-refractivity contribution is -0.384. The van der Waals surface area contributed by atoms with Gasteiger partial charge < -0.3 is 9.84 Å². The van der Waals surface area contributed by atoms with E-state index >= 15 is 0 Å². The third-order valence-corrected chi connectivity index (χ3v) is 8.43. The summed E-state index contributed by atoms with van der Waals surface area (Å²) in [4.78, 5) is 66.1. The third-order valence-electron chi connectivity index (χ3n) is 8.43. The van der Waals surface area contributed by atoms with E-state index in [4.69, 9.17) is 9.84 Å². The number of benzene rings is 2. The first-order chi connectivity index (χ1) is 19.7. The number of nitrogens with zero attached hydrogens (tertiary/aromatic N) is 2. The summed E-state index contributed by atoms with van der Waals surface area (Å²) in [5.74, 6) is -3.42. The Morgan fingerprint density at radius 3 is 2.51 bits per heavy atom. The average Bonchev–Trinajstić information content (AvgIpc) is 3.23. The number of nitro benzene ring substituents is 1. The second-order valence-electron chi connectivity index (χ2n) is 10.7. The molecule has 0 aromatic heterocycles. The molecule has 6 rings (SSSR count). The molecule has 0 spiro atoms. The average molecular weight is 555 g/mol. The van der Waals surface area contributed by atoms with Crippen LogP contribution >= 0.6 is 0 Å². The summed E-state index contributed by atoms with van der Waals surface area (Å²) in [6.45, 7) is 1.58. The van der Waals surface area contributed by atoms with Gasteiger partial charge in [0.1, 0.15) is 12.4 Å². The standard InChI is InChI=1S/C31H26N2O8/c1-16-13-25(35)28-24(29(16)36)15-23-21(26(28)17-5-7-20(8-6-17)41-12-11-34)9-10-22-27(23)31(38)32(30(22)37)18-3-2-4-19(14-18)33(39)40/h2-9,13-14,22-23,26-27,34H,10-12,15H2,1H3. The van der Waals surface area contributed by atoms with Gasteiger partial charge in [-0.25, -0.2) is 4.90 Å². The molecule has 208 valence electrons. The van der Waals surface area contributed by atoms with Crippen LogP contribution in [0.1, 0.15) is 31.2 Å². The van der Waals surface area contributed by atoms with Crippen molar-refractivity contribution in [2.24, 2.45) is 17.8 Å². The summed E-state index contributed by atoms with van der Waals surface area (Å²) in [5, 5.41) is 20.4. The number of anilines is 1. The number of non-ortho nitro benzene ring substituents is 1. The van der Waals surface area contributed by atoms with Crippen LogP contribution in [0.15, 0.2) is 83.0 Å². The van der Waals surface area contributed by atoms with Gasteiger partial charge in [-0.3, -0.25) is 29.3 Å². The van der Waals surface area contributed by atoms with E-state index in [1.165, 1.54) is 30.3 Å². The van der Waals surface area contributed by atoms with Crippen molar-refractivity contribution in [3.8, 4) is 5.75 Å². The first kappa shape index (κ1) is 26.5. The maximum Gasteiger partial charge on any atom is 0.271 e. The van der Waals surface area contributed by atoms with Gasteiger partial charge in [0.05, 0.1) is 29.1 Å². The fourth-order valence-corrected chi connectivity index (χ4v) is 6.68. The van der Waals surface area contributed by atoms with Gasteiger partial charge in [0, 0.05) is 34.8 Å². The highest BCUT2D eigenvalue weighted by Crippen LogP contribution is 2.55. The highest BCUT2D eigenvalue weighted by Gasteiger charge is 2.56. The number of rotatable bonds is 6. The van der Waals surface area contributed by atoms with Gasteiger partial charge in [0.2, 0.25) is 11.8 Å². The first-order valence-corrected chi connectivity index (χ1v) is 13.4. The smallest absolute Gasteiger partial charge is 0.271 e. The van der Waals surface area contributed by atoms with Gasteiger partial charge in [-0.15, -0.1) is 0 Å². The number of aliphatic hydroxyl groups is 1. The number of Topliss-reactive ketones (excluding diaryl/α,β-unsaturated/α-hetero) is 1. The summed E-state index contributed by atoms with van der Waals surface area (Å²) < 4.78 is 5.49. The Bertz CT molecular complexity index is 1620. The predicted octanol–water partition coefficient (Wildman–Crippen LogP) is 3.60. The molecule has 2 aromatic rings. The molecule has 4 aliphatic rings. The van der Waals surface area contributed by atoms with Crippen molar-refractivity contribution >= 4 is 34.8 Å². The maximum atomic E-state index is 13.9. The van der Waals surface area contributed by atoms with Crippen LogP contribution < -0.4 is 9.64 Å². The molecule has 1 N–H and O–H groups in total. The van der Waals surface area contributed by atoms with Gasteiger partial charge in [0.15, 0.2) is 11.6 Å². The molecule has 2 aromatic carbocycles. The number of imide groups is 1. The van der Waals surface area contributed by atoms with Crippen molar-refractivity contribution in [3.63, 3.8) is 0 Å². The number of hydrogen-bond donors (Lipinski definition) is 1. The molecule has 0 radical (unpaired) electrons. The van der Waals surface area contributed by atoms with Gasteiger partial charge >= 0.3 is 0 Å². The summed E-state index contributed by atoms with van der Waals surface area (Å²) >= 11 is 0. The van der Waals surface area contributed by atoms with Crippen molar-refractivity contribution in [2.75, 3.05) is 18.1 Å². The summed E-state index contributed by atoms with van der Waals surface area (Å²) in [6, 6.07) is 12.5. The molecular weight excluding hydrogens is 528 g/mol. The van der Waals surface area contributed by atoms with Crippen molar-refractivity contribution < 1.29 is 33.9 Å². The monoisotopic (exact) mass is 554 g/mol. The van der Waals surface area contributed by atoms with Crippen LogP contribution in [0, 0.1) is 27.9 Å². The molecule has 4 unspecified atom stereocenters. The zero-order chi connectivity index (χ0) is 29.0. The van der Waals surface area contributed by atoms with Crippen LogP contribution in [0.2, 0.25) is 0 Å². The second kappa shape index (κ2) is 10.0. The van der Waals surface area contributed by atoms with E-state index in [0.717, 1.165) is 16.0 Å². The minimum atomic E-state index is -0.778. The molecule has 1 aliphatic heterocycles.